The average molecular weight is 330 g/mol. The van der Waals surface area contributed by atoms with Gasteiger partial charge in [0, 0.05) is 24.4 Å². The SMILES string of the molecule is Fc1ccc2ncnc(NCCn3c(C4CC4)n[nH]c3=S)c2c1. The zero-order valence-electron chi connectivity index (χ0n) is 12.3. The van der Waals surface area contributed by atoms with Gasteiger partial charge in [0.25, 0.3) is 0 Å². The maximum atomic E-state index is 13.5. The molecule has 2 heterocycles. The highest BCUT2D eigenvalue weighted by atomic mass is 32.1. The van der Waals surface area contributed by atoms with Crippen LogP contribution in [0.3, 0.4) is 0 Å². The minimum atomic E-state index is -0.302. The quantitative estimate of drug-likeness (QED) is 0.704. The second-order valence-corrected chi connectivity index (χ2v) is 6.01. The highest BCUT2D eigenvalue weighted by Crippen LogP contribution is 2.38. The molecule has 3 aromatic rings. The Morgan fingerprint density at radius 2 is 2.22 bits per heavy atom. The van der Waals surface area contributed by atoms with Crippen molar-refractivity contribution in [1.29, 1.82) is 0 Å². The molecule has 0 unspecified atom stereocenters. The number of aromatic amines is 1. The first-order chi connectivity index (χ1) is 11.2. The molecule has 6 nitrogen and oxygen atoms in total. The first-order valence-corrected chi connectivity index (χ1v) is 7.92. The number of nitrogens with zero attached hydrogens (tertiary/aromatic N) is 4. The molecule has 0 spiro atoms. The van der Waals surface area contributed by atoms with Crippen LogP contribution in [0.4, 0.5) is 10.2 Å². The summed E-state index contributed by atoms with van der Waals surface area (Å²) in [7, 11) is 0. The number of aromatic nitrogens is 5. The Bertz CT molecular complexity index is 914. The summed E-state index contributed by atoms with van der Waals surface area (Å²) >= 11 is 5.29. The number of benzene rings is 1. The Morgan fingerprint density at radius 1 is 1.35 bits per heavy atom. The largest absolute Gasteiger partial charge is 0.368 e. The van der Waals surface area contributed by atoms with Gasteiger partial charge in [0.1, 0.15) is 23.8 Å². The molecule has 8 heteroatoms. The third-order valence-electron chi connectivity index (χ3n) is 3.96. The fourth-order valence-corrected chi connectivity index (χ4v) is 2.89. The molecule has 1 aromatic carbocycles. The van der Waals surface area contributed by atoms with E-state index in [1.54, 1.807) is 6.07 Å². The molecule has 1 aliphatic rings. The topological polar surface area (TPSA) is 71.4 Å². The summed E-state index contributed by atoms with van der Waals surface area (Å²) in [6.45, 7) is 1.30. The molecule has 118 valence electrons. The van der Waals surface area contributed by atoms with Gasteiger partial charge in [0.15, 0.2) is 4.77 Å². The third kappa shape index (κ3) is 2.81. The molecule has 23 heavy (non-hydrogen) atoms. The van der Waals surface area contributed by atoms with Crippen LogP contribution >= 0.6 is 12.2 Å². The van der Waals surface area contributed by atoms with Crippen molar-refractivity contribution in [1.82, 2.24) is 24.7 Å². The summed E-state index contributed by atoms with van der Waals surface area (Å²) in [4.78, 5) is 8.36. The van der Waals surface area contributed by atoms with E-state index in [-0.39, 0.29) is 5.82 Å². The minimum absolute atomic E-state index is 0.302. The van der Waals surface area contributed by atoms with Crippen molar-refractivity contribution in [2.45, 2.75) is 25.3 Å². The molecule has 2 N–H and O–H groups in total. The maximum absolute atomic E-state index is 13.5. The predicted octanol–water partition coefficient (Wildman–Crippen LogP) is 3.01. The lowest BCUT2D eigenvalue weighted by molar-refractivity contribution is 0.629. The molecule has 2 aromatic heterocycles. The summed E-state index contributed by atoms with van der Waals surface area (Å²) < 4.78 is 16.1. The highest BCUT2D eigenvalue weighted by molar-refractivity contribution is 7.71. The Morgan fingerprint density at radius 3 is 3.04 bits per heavy atom. The predicted molar refractivity (Wildman–Crippen MR) is 87.4 cm³/mol. The summed E-state index contributed by atoms with van der Waals surface area (Å²) in [6, 6.07) is 4.48. The molecule has 0 saturated heterocycles. The van der Waals surface area contributed by atoms with Gasteiger partial charge in [-0.25, -0.2) is 14.4 Å². The smallest absolute Gasteiger partial charge is 0.195 e. The molecule has 0 aliphatic heterocycles. The number of hydrogen-bond donors (Lipinski definition) is 2. The van der Waals surface area contributed by atoms with Gasteiger partial charge < -0.3 is 9.88 Å². The molecule has 0 atom stereocenters. The van der Waals surface area contributed by atoms with Crippen molar-refractivity contribution in [2.24, 2.45) is 0 Å². The van der Waals surface area contributed by atoms with Crippen LogP contribution in [0.25, 0.3) is 10.9 Å². The van der Waals surface area contributed by atoms with Gasteiger partial charge in [-0.2, -0.15) is 5.10 Å². The van der Waals surface area contributed by atoms with Crippen LogP contribution in [0.5, 0.6) is 0 Å². The molecule has 1 saturated carbocycles. The van der Waals surface area contributed by atoms with Crippen LogP contribution in [0.1, 0.15) is 24.6 Å². The van der Waals surface area contributed by atoms with E-state index in [2.05, 4.69) is 25.5 Å². The number of fused-ring (bicyclic) bond motifs is 1. The Kier molecular flexibility index (Phi) is 3.53. The fraction of sp³-hybridized carbons (Fsp3) is 0.333. The average Bonchev–Trinajstić information content (AvgIpc) is 3.33. The van der Waals surface area contributed by atoms with Crippen molar-refractivity contribution in [3.63, 3.8) is 0 Å². The van der Waals surface area contributed by atoms with E-state index in [0.717, 1.165) is 5.82 Å². The maximum Gasteiger partial charge on any atom is 0.195 e. The molecule has 1 fully saturated rings. The van der Waals surface area contributed by atoms with Crippen molar-refractivity contribution < 1.29 is 4.39 Å². The number of H-pyrrole nitrogens is 1. The molecule has 1 aliphatic carbocycles. The molecule has 0 bridgehead atoms. The van der Waals surface area contributed by atoms with E-state index >= 15 is 0 Å². The van der Waals surface area contributed by atoms with Crippen LogP contribution in [0.2, 0.25) is 0 Å². The molecule has 0 radical (unpaired) electrons. The highest BCUT2D eigenvalue weighted by Gasteiger charge is 2.28. The monoisotopic (exact) mass is 330 g/mol. The van der Waals surface area contributed by atoms with Crippen molar-refractivity contribution >= 4 is 28.9 Å². The van der Waals surface area contributed by atoms with E-state index in [1.165, 1.54) is 31.3 Å². The summed E-state index contributed by atoms with van der Waals surface area (Å²) in [5.41, 5.74) is 0.711. The number of halogens is 1. The van der Waals surface area contributed by atoms with Gasteiger partial charge in [0.05, 0.1) is 5.52 Å². The van der Waals surface area contributed by atoms with E-state index in [0.29, 0.717) is 40.5 Å². The van der Waals surface area contributed by atoms with Crippen LogP contribution in [0.15, 0.2) is 24.5 Å². The van der Waals surface area contributed by atoms with E-state index in [4.69, 9.17) is 12.2 Å². The fourth-order valence-electron chi connectivity index (χ4n) is 2.65. The van der Waals surface area contributed by atoms with E-state index < -0.39 is 0 Å². The Labute approximate surface area is 136 Å². The van der Waals surface area contributed by atoms with Gasteiger partial charge in [0.2, 0.25) is 0 Å². The summed E-state index contributed by atoms with van der Waals surface area (Å²) in [5, 5.41) is 11.1. The minimum Gasteiger partial charge on any atom is -0.368 e. The van der Waals surface area contributed by atoms with Gasteiger partial charge in [-0.3, -0.25) is 5.10 Å². The first kappa shape index (κ1) is 14.3. The lowest BCUT2D eigenvalue weighted by Gasteiger charge is -2.10. The molecular formula is C15H15FN6S. The van der Waals surface area contributed by atoms with Crippen LogP contribution in [-0.4, -0.2) is 31.3 Å². The lowest BCUT2D eigenvalue weighted by Crippen LogP contribution is -2.14. The van der Waals surface area contributed by atoms with Gasteiger partial charge in [-0.05, 0) is 43.3 Å². The second-order valence-electron chi connectivity index (χ2n) is 5.62. The first-order valence-electron chi connectivity index (χ1n) is 7.51. The van der Waals surface area contributed by atoms with Gasteiger partial charge in [-0.1, -0.05) is 0 Å². The number of anilines is 1. The van der Waals surface area contributed by atoms with Crippen LogP contribution in [-0.2, 0) is 6.54 Å². The van der Waals surface area contributed by atoms with Crippen molar-refractivity contribution in [3.05, 3.63) is 40.9 Å². The number of rotatable bonds is 5. The van der Waals surface area contributed by atoms with Gasteiger partial charge in [-0.15, -0.1) is 0 Å². The molecular weight excluding hydrogens is 315 g/mol. The van der Waals surface area contributed by atoms with E-state index in [9.17, 15) is 4.39 Å². The standard InChI is InChI=1S/C15H15FN6S/c16-10-3-4-12-11(7-10)13(19-8-18-12)17-5-6-22-14(9-1-2-9)20-21-15(22)23/h3-4,7-9H,1-2,5-6H2,(H,21,23)(H,17,18,19). The Hall–Kier alpha value is -2.35. The van der Waals surface area contributed by atoms with Crippen LogP contribution < -0.4 is 5.32 Å². The van der Waals surface area contributed by atoms with E-state index in [1.807, 2.05) is 4.57 Å². The Balaban J connectivity index is 1.53. The number of nitrogens with one attached hydrogen (secondary N) is 2. The van der Waals surface area contributed by atoms with Crippen molar-refractivity contribution in [3.8, 4) is 0 Å². The molecule has 4 rings (SSSR count). The summed E-state index contributed by atoms with van der Waals surface area (Å²) in [6.07, 6.45) is 3.81. The zero-order valence-corrected chi connectivity index (χ0v) is 13.1. The summed E-state index contributed by atoms with van der Waals surface area (Å²) in [5.74, 6) is 1.87. The van der Waals surface area contributed by atoms with Crippen molar-refractivity contribution in [2.75, 3.05) is 11.9 Å². The molecule has 0 amide bonds. The van der Waals surface area contributed by atoms with Crippen LogP contribution in [0, 0.1) is 10.6 Å². The second kappa shape index (κ2) is 5.69. The van der Waals surface area contributed by atoms with Gasteiger partial charge >= 0.3 is 0 Å². The normalized spacial score (nSPS) is 14.3. The zero-order chi connectivity index (χ0) is 15.8. The lowest BCUT2D eigenvalue weighted by atomic mass is 10.2. The number of hydrogen-bond acceptors (Lipinski definition) is 5. The third-order valence-corrected chi connectivity index (χ3v) is 4.27.